The van der Waals surface area contributed by atoms with Crippen molar-refractivity contribution in [2.24, 2.45) is 0 Å². The van der Waals surface area contributed by atoms with Gasteiger partial charge in [-0.25, -0.2) is 13.1 Å². The van der Waals surface area contributed by atoms with Gasteiger partial charge in [0.1, 0.15) is 0 Å². The first kappa shape index (κ1) is 16.5. The zero-order valence-corrected chi connectivity index (χ0v) is 11.4. The van der Waals surface area contributed by atoms with Gasteiger partial charge in [-0.3, -0.25) is 0 Å². The van der Waals surface area contributed by atoms with Gasteiger partial charge in [-0.15, -0.1) is 0 Å². The molecule has 2 N–H and O–H groups in total. The molecular weight excluding hydrogens is 281 g/mol. The van der Waals surface area contributed by atoms with E-state index in [1.807, 2.05) is 6.08 Å². The number of halogens is 3. The van der Waals surface area contributed by atoms with Crippen LogP contribution in [0.2, 0.25) is 0 Å². The molecule has 0 aromatic heterocycles. The van der Waals surface area contributed by atoms with Crippen molar-refractivity contribution in [1.82, 2.24) is 10.0 Å². The summed E-state index contributed by atoms with van der Waals surface area (Å²) < 4.78 is 60.9. The van der Waals surface area contributed by atoms with E-state index in [-0.39, 0.29) is 6.54 Å². The van der Waals surface area contributed by atoms with Crippen LogP contribution in [-0.4, -0.2) is 40.0 Å². The highest BCUT2D eigenvalue weighted by molar-refractivity contribution is 7.89. The van der Waals surface area contributed by atoms with Crippen LogP contribution in [0.15, 0.2) is 11.6 Å². The Morgan fingerprint density at radius 3 is 2.68 bits per heavy atom. The largest absolute Gasteiger partial charge is 0.389 e. The van der Waals surface area contributed by atoms with Crippen LogP contribution >= 0.6 is 0 Å². The Balaban J connectivity index is 2.21. The van der Waals surface area contributed by atoms with Gasteiger partial charge in [0.2, 0.25) is 10.0 Å². The number of nitrogens with one attached hydrogen (secondary N) is 2. The second-order valence-corrected chi connectivity index (χ2v) is 6.42. The van der Waals surface area contributed by atoms with Crippen LogP contribution in [0.1, 0.15) is 25.7 Å². The fourth-order valence-electron chi connectivity index (χ4n) is 1.80. The molecule has 0 amide bonds. The van der Waals surface area contributed by atoms with Crippen LogP contribution < -0.4 is 10.0 Å². The van der Waals surface area contributed by atoms with Gasteiger partial charge >= 0.3 is 6.18 Å². The SMILES string of the molecule is O=S(=O)(CCCC(F)(F)F)NCCC1=CCNCC1. The number of alkyl halides is 3. The summed E-state index contributed by atoms with van der Waals surface area (Å²) in [6, 6.07) is 0. The molecule has 4 nitrogen and oxygen atoms in total. The van der Waals surface area contributed by atoms with Gasteiger partial charge in [0.15, 0.2) is 0 Å². The Bertz CT molecular complexity index is 405. The summed E-state index contributed by atoms with van der Waals surface area (Å²) in [5.74, 6) is -0.479. The maximum absolute atomic E-state index is 11.9. The van der Waals surface area contributed by atoms with Gasteiger partial charge in [0, 0.05) is 19.5 Å². The molecule has 1 rings (SSSR count). The van der Waals surface area contributed by atoms with Crippen LogP contribution in [0, 0.1) is 0 Å². The molecule has 112 valence electrons. The standard InChI is InChI=1S/C11H19F3N2O2S/c12-11(13,14)5-1-9-19(17,18)16-8-4-10-2-6-15-7-3-10/h2,15-16H,1,3-9H2. The Morgan fingerprint density at radius 1 is 1.37 bits per heavy atom. The molecule has 0 radical (unpaired) electrons. The van der Waals surface area contributed by atoms with E-state index < -0.39 is 34.8 Å². The Morgan fingerprint density at radius 2 is 2.11 bits per heavy atom. The van der Waals surface area contributed by atoms with Gasteiger partial charge in [-0.1, -0.05) is 11.6 Å². The van der Waals surface area contributed by atoms with Crippen molar-refractivity contribution in [3.05, 3.63) is 11.6 Å². The molecule has 0 aromatic carbocycles. The van der Waals surface area contributed by atoms with Gasteiger partial charge < -0.3 is 5.32 Å². The molecular formula is C11H19F3N2O2S. The van der Waals surface area contributed by atoms with E-state index in [4.69, 9.17) is 0 Å². The molecule has 0 spiro atoms. The highest BCUT2D eigenvalue weighted by Crippen LogP contribution is 2.21. The Labute approximate surface area is 111 Å². The van der Waals surface area contributed by atoms with Crippen LogP contribution in [0.3, 0.4) is 0 Å². The third kappa shape index (κ3) is 8.22. The lowest BCUT2D eigenvalue weighted by molar-refractivity contribution is -0.134. The summed E-state index contributed by atoms with van der Waals surface area (Å²) in [6.07, 6.45) is -2.25. The Hall–Kier alpha value is -0.600. The molecule has 0 fully saturated rings. The monoisotopic (exact) mass is 300 g/mol. The van der Waals surface area contributed by atoms with Crippen LogP contribution in [-0.2, 0) is 10.0 Å². The average Bonchev–Trinajstić information content (AvgIpc) is 2.28. The maximum Gasteiger partial charge on any atom is 0.389 e. The van der Waals surface area contributed by atoms with Crippen molar-refractivity contribution in [2.75, 3.05) is 25.4 Å². The molecule has 1 heterocycles. The quantitative estimate of drug-likeness (QED) is 0.702. The van der Waals surface area contributed by atoms with Crippen molar-refractivity contribution in [2.45, 2.75) is 31.9 Å². The molecule has 0 aliphatic carbocycles. The first-order valence-corrected chi connectivity index (χ1v) is 7.86. The second-order valence-electron chi connectivity index (χ2n) is 4.50. The third-order valence-corrected chi connectivity index (χ3v) is 4.27. The minimum atomic E-state index is -4.30. The van der Waals surface area contributed by atoms with E-state index >= 15 is 0 Å². The molecule has 8 heteroatoms. The lowest BCUT2D eigenvalue weighted by atomic mass is 10.1. The van der Waals surface area contributed by atoms with Gasteiger partial charge in [0.05, 0.1) is 5.75 Å². The van der Waals surface area contributed by atoms with Crippen molar-refractivity contribution in [3.8, 4) is 0 Å². The van der Waals surface area contributed by atoms with Crippen molar-refractivity contribution in [3.63, 3.8) is 0 Å². The molecule has 0 atom stereocenters. The number of rotatable bonds is 7. The van der Waals surface area contributed by atoms with Gasteiger partial charge in [0.25, 0.3) is 0 Å². The molecule has 0 saturated carbocycles. The van der Waals surface area contributed by atoms with Crippen LogP contribution in [0.4, 0.5) is 13.2 Å². The summed E-state index contributed by atoms with van der Waals surface area (Å²) in [7, 11) is -3.60. The van der Waals surface area contributed by atoms with Crippen LogP contribution in [0.5, 0.6) is 0 Å². The van der Waals surface area contributed by atoms with E-state index in [9.17, 15) is 21.6 Å². The minimum Gasteiger partial charge on any atom is -0.313 e. The fraction of sp³-hybridized carbons (Fsp3) is 0.818. The predicted octanol–water partition coefficient (Wildman–Crippen LogP) is 1.56. The van der Waals surface area contributed by atoms with Crippen molar-refractivity contribution in [1.29, 1.82) is 0 Å². The highest BCUT2D eigenvalue weighted by Gasteiger charge is 2.27. The summed E-state index contributed by atoms with van der Waals surface area (Å²) >= 11 is 0. The van der Waals surface area contributed by atoms with Crippen molar-refractivity contribution >= 4 is 10.0 Å². The first-order chi connectivity index (χ1) is 8.79. The second kappa shape index (κ2) is 7.25. The molecule has 0 unspecified atom stereocenters. The molecule has 1 aliphatic rings. The predicted molar refractivity (Wildman–Crippen MR) is 67.3 cm³/mol. The summed E-state index contributed by atoms with van der Waals surface area (Å²) in [4.78, 5) is 0. The molecule has 0 saturated heterocycles. The topological polar surface area (TPSA) is 58.2 Å². The van der Waals surface area contributed by atoms with Gasteiger partial charge in [-0.2, -0.15) is 13.2 Å². The van der Waals surface area contributed by atoms with E-state index in [0.29, 0.717) is 6.42 Å². The zero-order chi connectivity index (χ0) is 14.4. The first-order valence-electron chi connectivity index (χ1n) is 6.21. The van der Waals surface area contributed by atoms with E-state index in [1.54, 1.807) is 0 Å². The summed E-state index contributed by atoms with van der Waals surface area (Å²) in [6.45, 7) is 1.91. The number of hydrogen-bond donors (Lipinski definition) is 2. The Kier molecular flexibility index (Phi) is 6.28. The smallest absolute Gasteiger partial charge is 0.313 e. The summed E-state index contributed by atoms with van der Waals surface area (Å²) in [5.41, 5.74) is 1.18. The lowest BCUT2D eigenvalue weighted by Crippen LogP contribution is -2.29. The summed E-state index contributed by atoms with van der Waals surface area (Å²) in [5, 5.41) is 3.14. The molecule has 1 aliphatic heterocycles. The lowest BCUT2D eigenvalue weighted by Gasteiger charge is -2.14. The molecule has 0 aromatic rings. The van der Waals surface area contributed by atoms with Gasteiger partial charge in [-0.05, 0) is 25.8 Å². The van der Waals surface area contributed by atoms with Crippen LogP contribution in [0.25, 0.3) is 0 Å². The average molecular weight is 300 g/mol. The van der Waals surface area contributed by atoms with Crippen molar-refractivity contribution < 1.29 is 21.6 Å². The maximum atomic E-state index is 11.9. The molecule has 19 heavy (non-hydrogen) atoms. The minimum absolute atomic E-state index is 0.250. The number of sulfonamides is 1. The third-order valence-electron chi connectivity index (χ3n) is 2.80. The van der Waals surface area contributed by atoms with E-state index in [1.165, 1.54) is 5.57 Å². The normalized spacial score (nSPS) is 17.3. The molecule has 0 bridgehead atoms. The highest BCUT2D eigenvalue weighted by atomic mass is 32.2. The van der Waals surface area contributed by atoms with E-state index in [0.717, 1.165) is 19.5 Å². The fourth-order valence-corrected chi connectivity index (χ4v) is 2.88. The number of hydrogen-bond acceptors (Lipinski definition) is 3. The van der Waals surface area contributed by atoms with E-state index in [2.05, 4.69) is 10.0 Å². The zero-order valence-electron chi connectivity index (χ0n) is 10.6.